The van der Waals surface area contributed by atoms with E-state index in [1.54, 1.807) is 20.3 Å². The Kier molecular flexibility index (Phi) is 5.88. The van der Waals surface area contributed by atoms with E-state index in [9.17, 15) is 4.79 Å². The fourth-order valence-electron chi connectivity index (χ4n) is 3.13. The van der Waals surface area contributed by atoms with Crippen LogP contribution in [0.2, 0.25) is 0 Å². The molecule has 3 rings (SSSR count). The van der Waals surface area contributed by atoms with Crippen LogP contribution in [0.25, 0.3) is 0 Å². The predicted octanol–water partition coefficient (Wildman–Crippen LogP) is 2.80. The van der Waals surface area contributed by atoms with Crippen molar-refractivity contribution in [2.24, 2.45) is 0 Å². The summed E-state index contributed by atoms with van der Waals surface area (Å²) in [4.78, 5) is 13.1. The fourth-order valence-corrected chi connectivity index (χ4v) is 3.13. The first-order valence-corrected chi connectivity index (χ1v) is 8.84. The Hall–Kier alpha value is -3.42. The molecular weight excluding hydrogens is 358 g/mol. The van der Waals surface area contributed by atoms with Crippen LogP contribution >= 0.6 is 0 Å². The van der Waals surface area contributed by atoms with Crippen molar-refractivity contribution in [1.29, 1.82) is 0 Å². The summed E-state index contributed by atoms with van der Waals surface area (Å²) in [7, 11) is 3.14. The molecule has 0 spiro atoms. The molecule has 2 aromatic carbocycles. The highest BCUT2D eigenvalue weighted by molar-refractivity contribution is 5.96. The first-order valence-electron chi connectivity index (χ1n) is 8.84. The Morgan fingerprint density at radius 1 is 1.18 bits per heavy atom. The van der Waals surface area contributed by atoms with Gasteiger partial charge in [0.1, 0.15) is 5.92 Å². The molecule has 1 heterocycles. The summed E-state index contributed by atoms with van der Waals surface area (Å²) in [5.74, 6) is 0.616. The third kappa shape index (κ3) is 4.11. The summed E-state index contributed by atoms with van der Waals surface area (Å²) in [6.45, 7) is 3.97. The van der Waals surface area contributed by atoms with Crippen LogP contribution in [0, 0.1) is 13.8 Å². The molecule has 1 aromatic heterocycles. The number of rotatable bonds is 7. The third-order valence-corrected chi connectivity index (χ3v) is 4.54. The van der Waals surface area contributed by atoms with Crippen LogP contribution in [0.4, 0.5) is 5.69 Å². The number of hydrogen-bond donors (Lipinski definition) is 2. The van der Waals surface area contributed by atoms with Crippen molar-refractivity contribution in [3.63, 3.8) is 0 Å². The molecule has 0 saturated carbocycles. The Morgan fingerprint density at radius 2 is 2.00 bits per heavy atom. The molecule has 0 aliphatic carbocycles. The number of aromatic nitrogens is 4. The molecule has 0 unspecified atom stereocenters. The van der Waals surface area contributed by atoms with Crippen molar-refractivity contribution in [3.05, 3.63) is 58.9 Å². The van der Waals surface area contributed by atoms with Gasteiger partial charge in [-0.1, -0.05) is 35.0 Å². The quantitative estimate of drug-likeness (QED) is 0.652. The number of benzene rings is 2. The number of H-pyrrole nitrogens is 1. The van der Waals surface area contributed by atoms with Crippen LogP contribution < -0.4 is 14.8 Å². The van der Waals surface area contributed by atoms with Crippen molar-refractivity contribution in [2.45, 2.75) is 26.2 Å². The molecule has 3 aromatic rings. The number of amides is 1. The lowest BCUT2D eigenvalue weighted by molar-refractivity contribution is -0.117. The first kappa shape index (κ1) is 19.3. The lowest BCUT2D eigenvalue weighted by atomic mass is 9.96. The summed E-state index contributed by atoms with van der Waals surface area (Å²) in [5.41, 5.74) is 3.68. The number of nitrogens with one attached hydrogen (secondary N) is 2. The molecule has 0 aliphatic rings. The summed E-state index contributed by atoms with van der Waals surface area (Å²) >= 11 is 0. The number of tetrazole rings is 1. The molecular formula is C20H23N5O3. The molecule has 8 nitrogen and oxygen atoms in total. The van der Waals surface area contributed by atoms with Gasteiger partial charge in [0.2, 0.25) is 5.91 Å². The van der Waals surface area contributed by atoms with Crippen LogP contribution in [0.15, 0.2) is 36.4 Å². The third-order valence-electron chi connectivity index (χ3n) is 4.54. The van der Waals surface area contributed by atoms with Gasteiger partial charge in [0.05, 0.1) is 14.2 Å². The van der Waals surface area contributed by atoms with E-state index in [0.717, 1.165) is 22.4 Å². The smallest absolute Gasteiger partial charge is 0.235 e. The number of aromatic amines is 1. The number of ether oxygens (including phenoxy) is 2. The average molecular weight is 381 g/mol. The summed E-state index contributed by atoms with van der Waals surface area (Å²) < 4.78 is 10.9. The molecule has 0 radical (unpaired) electrons. The Labute approximate surface area is 163 Å². The van der Waals surface area contributed by atoms with E-state index in [2.05, 4.69) is 25.9 Å². The number of anilines is 1. The topological polar surface area (TPSA) is 102 Å². The molecule has 2 N–H and O–H groups in total. The number of nitrogens with zero attached hydrogens (tertiary/aromatic N) is 3. The SMILES string of the molecule is COc1cccc(C[C@H](C(=O)Nc2ccc(C)cc2C)c2nn[nH]n2)c1OC. The predicted molar refractivity (Wildman–Crippen MR) is 105 cm³/mol. The van der Waals surface area contributed by atoms with Crippen molar-refractivity contribution < 1.29 is 14.3 Å². The lowest BCUT2D eigenvalue weighted by Crippen LogP contribution is -2.24. The molecule has 1 atom stereocenters. The molecule has 146 valence electrons. The highest BCUT2D eigenvalue weighted by atomic mass is 16.5. The van der Waals surface area contributed by atoms with E-state index >= 15 is 0 Å². The minimum atomic E-state index is -0.652. The Morgan fingerprint density at radius 3 is 2.64 bits per heavy atom. The lowest BCUT2D eigenvalue weighted by Gasteiger charge is -2.18. The van der Waals surface area contributed by atoms with Crippen LogP contribution in [-0.4, -0.2) is 40.8 Å². The maximum Gasteiger partial charge on any atom is 0.235 e. The van der Waals surface area contributed by atoms with Gasteiger partial charge in [0.15, 0.2) is 17.3 Å². The van der Waals surface area contributed by atoms with E-state index in [1.807, 2.05) is 44.2 Å². The minimum Gasteiger partial charge on any atom is -0.493 e. The number of carbonyl (C=O) groups is 1. The molecule has 0 bridgehead atoms. The van der Waals surface area contributed by atoms with Gasteiger partial charge in [0, 0.05) is 5.69 Å². The second-order valence-corrected chi connectivity index (χ2v) is 6.49. The van der Waals surface area contributed by atoms with Crippen molar-refractivity contribution in [2.75, 3.05) is 19.5 Å². The van der Waals surface area contributed by atoms with Gasteiger partial charge >= 0.3 is 0 Å². The maximum absolute atomic E-state index is 13.1. The molecule has 28 heavy (non-hydrogen) atoms. The van der Waals surface area contributed by atoms with Gasteiger partial charge in [-0.15, -0.1) is 10.2 Å². The zero-order valence-corrected chi connectivity index (χ0v) is 16.3. The van der Waals surface area contributed by atoms with Crippen molar-refractivity contribution >= 4 is 11.6 Å². The zero-order chi connectivity index (χ0) is 20.1. The van der Waals surface area contributed by atoms with E-state index in [4.69, 9.17) is 9.47 Å². The van der Waals surface area contributed by atoms with Gasteiger partial charge in [-0.2, -0.15) is 5.21 Å². The van der Waals surface area contributed by atoms with E-state index in [0.29, 0.717) is 23.7 Å². The van der Waals surface area contributed by atoms with Crippen LogP contribution in [0.1, 0.15) is 28.4 Å². The molecule has 0 fully saturated rings. The minimum absolute atomic E-state index is 0.224. The van der Waals surface area contributed by atoms with Gasteiger partial charge in [-0.3, -0.25) is 4.79 Å². The Balaban J connectivity index is 1.91. The maximum atomic E-state index is 13.1. The van der Waals surface area contributed by atoms with Crippen LogP contribution in [-0.2, 0) is 11.2 Å². The standard InChI is InChI=1S/C20H23N5O3/c1-12-8-9-16(13(2)10-12)21-20(26)15(19-22-24-25-23-19)11-14-6-5-7-17(27-3)18(14)28-4/h5-10,15H,11H2,1-4H3,(H,21,26)(H,22,23,24,25)/t15-/m0/s1. The van der Waals surface area contributed by atoms with Crippen LogP contribution in [0.3, 0.4) is 0 Å². The molecule has 1 amide bonds. The van der Waals surface area contributed by atoms with E-state index < -0.39 is 5.92 Å². The number of methoxy groups -OCH3 is 2. The number of hydrogen-bond acceptors (Lipinski definition) is 6. The fraction of sp³-hybridized carbons (Fsp3) is 0.300. The second kappa shape index (κ2) is 8.51. The van der Waals surface area contributed by atoms with Gasteiger partial charge in [0.25, 0.3) is 0 Å². The molecule has 0 saturated heterocycles. The zero-order valence-electron chi connectivity index (χ0n) is 16.3. The molecule has 0 aliphatic heterocycles. The van der Waals surface area contributed by atoms with Gasteiger partial charge < -0.3 is 14.8 Å². The second-order valence-electron chi connectivity index (χ2n) is 6.49. The largest absolute Gasteiger partial charge is 0.493 e. The van der Waals surface area contributed by atoms with E-state index in [-0.39, 0.29) is 5.91 Å². The molecule has 8 heteroatoms. The monoisotopic (exact) mass is 381 g/mol. The van der Waals surface area contributed by atoms with Crippen LogP contribution in [0.5, 0.6) is 11.5 Å². The van der Waals surface area contributed by atoms with E-state index in [1.165, 1.54) is 0 Å². The van der Waals surface area contributed by atoms with Gasteiger partial charge in [-0.05, 0) is 43.5 Å². The normalized spacial score (nSPS) is 11.7. The first-order chi connectivity index (χ1) is 13.5. The summed E-state index contributed by atoms with van der Waals surface area (Å²) in [6, 6.07) is 11.4. The van der Waals surface area contributed by atoms with Gasteiger partial charge in [-0.25, -0.2) is 0 Å². The number of carbonyl (C=O) groups excluding carboxylic acids is 1. The average Bonchev–Trinajstić information content (AvgIpc) is 3.22. The Bertz CT molecular complexity index is 956. The van der Waals surface area contributed by atoms with Crippen molar-refractivity contribution in [1.82, 2.24) is 20.6 Å². The summed E-state index contributed by atoms with van der Waals surface area (Å²) in [6.07, 6.45) is 0.330. The number of aryl methyl sites for hydroxylation is 2. The number of para-hydroxylation sites is 1. The highest BCUT2D eigenvalue weighted by Crippen LogP contribution is 2.34. The summed E-state index contributed by atoms with van der Waals surface area (Å²) in [5, 5.41) is 17.1. The van der Waals surface area contributed by atoms with Crippen molar-refractivity contribution in [3.8, 4) is 11.5 Å². The highest BCUT2D eigenvalue weighted by Gasteiger charge is 2.27.